The smallest absolute Gasteiger partial charge is 0.188 e. The number of para-hydroxylation sites is 1. The monoisotopic (exact) mass is 195 g/mol. The molecule has 78 valence electrons. The van der Waals surface area contributed by atoms with Crippen molar-refractivity contribution in [2.24, 2.45) is 5.73 Å². The van der Waals surface area contributed by atoms with E-state index in [1.807, 2.05) is 24.3 Å². The third kappa shape index (κ3) is 2.72. The van der Waals surface area contributed by atoms with Crippen molar-refractivity contribution >= 4 is 0 Å². The van der Waals surface area contributed by atoms with Crippen molar-refractivity contribution in [3.05, 3.63) is 29.8 Å². The van der Waals surface area contributed by atoms with Gasteiger partial charge in [-0.3, -0.25) is 0 Å². The van der Waals surface area contributed by atoms with Crippen molar-refractivity contribution in [3.8, 4) is 5.75 Å². The Morgan fingerprint density at radius 3 is 2.71 bits per heavy atom. The highest BCUT2D eigenvalue weighted by Gasteiger charge is 2.09. The van der Waals surface area contributed by atoms with Gasteiger partial charge in [0.2, 0.25) is 0 Å². The summed E-state index contributed by atoms with van der Waals surface area (Å²) in [4.78, 5) is 0. The molecule has 1 atom stereocenters. The van der Waals surface area contributed by atoms with E-state index in [0.717, 1.165) is 17.7 Å². The van der Waals surface area contributed by atoms with Crippen LogP contribution >= 0.6 is 0 Å². The lowest BCUT2D eigenvalue weighted by Crippen LogP contribution is -2.11. The Morgan fingerprint density at radius 1 is 1.36 bits per heavy atom. The maximum Gasteiger partial charge on any atom is 0.188 e. The number of benzene rings is 1. The van der Waals surface area contributed by atoms with Gasteiger partial charge >= 0.3 is 0 Å². The largest absolute Gasteiger partial charge is 0.467 e. The van der Waals surface area contributed by atoms with E-state index in [4.69, 9.17) is 15.2 Å². The molecule has 0 aliphatic rings. The zero-order valence-corrected chi connectivity index (χ0v) is 8.69. The van der Waals surface area contributed by atoms with E-state index in [2.05, 4.69) is 6.92 Å². The molecule has 14 heavy (non-hydrogen) atoms. The van der Waals surface area contributed by atoms with Crippen molar-refractivity contribution in [2.45, 2.75) is 19.4 Å². The van der Waals surface area contributed by atoms with Crippen molar-refractivity contribution in [2.75, 3.05) is 13.9 Å². The van der Waals surface area contributed by atoms with Crippen LogP contribution in [0.3, 0.4) is 0 Å². The fraction of sp³-hybridized carbons (Fsp3) is 0.455. The van der Waals surface area contributed by atoms with Gasteiger partial charge in [0.05, 0.1) is 0 Å². The summed E-state index contributed by atoms with van der Waals surface area (Å²) >= 11 is 0. The third-order valence-electron chi connectivity index (χ3n) is 2.09. The number of nitrogens with two attached hydrogens (primary N) is 1. The van der Waals surface area contributed by atoms with E-state index < -0.39 is 0 Å². The Balaban J connectivity index is 2.79. The van der Waals surface area contributed by atoms with Gasteiger partial charge in [-0.25, -0.2) is 0 Å². The van der Waals surface area contributed by atoms with E-state index in [-0.39, 0.29) is 12.8 Å². The summed E-state index contributed by atoms with van der Waals surface area (Å²) in [5.74, 6) is 0.809. The standard InChI is InChI=1S/C11H17NO2/c1-3-10(12)9-6-4-5-7-11(9)14-8-13-2/h4-7,10H,3,8,12H2,1-2H3/t10-/m1/s1. The van der Waals surface area contributed by atoms with Crippen LogP contribution in [-0.2, 0) is 4.74 Å². The molecule has 0 aromatic heterocycles. The van der Waals surface area contributed by atoms with Crippen molar-refractivity contribution in [1.82, 2.24) is 0 Å². The number of rotatable bonds is 5. The number of hydrogen-bond donors (Lipinski definition) is 1. The molecular weight excluding hydrogens is 178 g/mol. The maximum absolute atomic E-state index is 5.95. The summed E-state index contributed by atoms with van der Waals surface area (Å²) in [7, 11) is 1.60. The zero-order chi connectivity index (χ0) is 10.4. The van der Waals surface area contributed by atoms with Crippen LogP contribution in [0.2, 0.25) is 0 Å². The molecule has 0 saturated carbocycles. The lowest BCUT2D eigenvalue weighted by molar-refractivity contribution is 0.0501. The van der Waals surface area contributed by atoms with E-state index in [9.17, 15) is 0 Å². The Labute approximate surface area is 84.8 Å². The Kier molecular flexibility index (Phi) is 4.43. The van der Waals surface area contributed by atoms with Crippen LogP contribution in [0.25, 0.3) is 0 Å². The summed E-state index contributed by atoms with van der Waals surface area (Å²) < 4.78 is 10.3. The highest BCUT2D eigenvalue weighted by atomic mass is 16.7. The summed E-state index contributed by atoms with van der Waals surface area (Å²) in [6, 6.07) is 7.81. The SMILES string of the molecule is CC[C@@H](N)c1ccccc1OCOC. The quantitative estimate of drug-likeness (QED) is 0.731. The van der Waals surface area contributed by atoms with Gasteiger partial charge in [0.15, 0.2) is 6.79 Å². The van der Waals surface area contributed by atoms with Crippen molar-refractivity contribution < 1.29 is 9.47 Å². The van der Waals surface area contributed by atoms with Gasteiger partial charge < -0.3 is 15.2 Å². The molecule has 0 fully saturated rings. The van der Waals surface area contributed by atoms with Gasteiger partial charge in [-0.05, 0) is 12.5 Å². The van der Waals surface area contributed by atoms with E-state index in [1.54, 1.807) is 7.11 Å². The molecule has 1 aromatic carbocycles. The van der Waals surface area contributed by atoms with Crippen molar-refractivity contribution in [3.63, 3.8) is 0 Å². The molecule has 1 rings (SSSR count). The second-order valence-corrected chi connectivity index (χ2v) is 3.10. The first kappa shape index (κ1) is 11.0. The number of hydrogen-bond acceptors (Lipinski definition) is 3. The second kappa shape index (κ2) is 5.62. The average molecular weight is 195 g/mol. The van der Waals surface area contributed by atoms with Crippen LogP contribution in [0.4, 0.5) is 0 Å². The van der Waals surface area contributed by atoms with E-state index in [0.29, 0.717) is 0 Å². The molecule has 0 radical (unpaired) electrons. The lowest BCUT2D eigenvalue weighted by Gasteiger charge is -2.14. The topological polar surface area (TPSA) is 44.5 Å². The van der Waals surface area contributed by atoms with Crippen LogP contribution < -0.4 is 10.5 Å². The number of methoxy groups -OCH3 is 1. The van der Waals surface area contributed by atoms with Crippen LogP contribution in [-0.4, -0.2) is 13.9 Å². The normalized spacial score (nSPS) is 12.5. The molecule has 0 unspecified atom stereocenters. The highest BCUT2D eigenvalue weighted by Crippen LogP contribution is 2.25. The van der Waals surface area contributed by atoms with Gasteiger partial charge in [0.25, 0.3) is 0 Å². The molecule has 0 spiro atoms. The minimum absolute atomic E-state index is 0.0306. The zero-order valence-electron chi connectivity index (χ0n) is 8.69. The van der Waals surface area contributed by atoms with Gasteiger partial charge in [-0.2, -0.15) is 0 Å². The molecule has 3 heteroatoms. The fourth-order valence-electron chi connectivity index (χ4n) is 1.26. The summed E-state index contributed by atoms with van der Waals surface area (Å²) in [5, 5.41) is 0. The van der Waals surface area contributed by atoms with Crippen LogP contribution in [0, 0.1) is 0 Å². The second-order valence-electron chi connectivity index (χ2n) is 3.10. The lowest BCUT2D eigenvalue weighted by atomic mass is 10.0. The maximum atomic E-state index is 5.95. The molecule has 0 heterocycles. The fourth-order valence-corrected chi connectivity index (χ4v) is 1.26. The minimum atomic E-state index is 0.0306. The first-order valence-corrected chi connectivity index (χ1v) is 4.75. The molecule has 0 aliphatic carbocycles. The molecule has 0 amide bonds. The van der Waals surface area contributed by atoms with Gasteiger partial charge in [-0.15, -0.1) is 0 Å². The molecule has 2 N–H and O–H groups in total. The van der Waals surface area contributed by atoms with Gasteiger partial charge in [0, 0.05) is 18.7 Å². The third-order valence-corrected chi connectivity index (χ3v) is 2.09. The molecule has 0 bridgehead atoms. The molecule has 3 nitrogen and oxygen atoms in total. The molecule has 1 aromatic rings. The summed E-state index contributed by atoms with van der Waals surface area (Å²) in [5.41, 5.74) is 6.98. The molecule has 0 saturated heterocycles. The van der Waals surface area contributed by atoms with Crippen molar-refractivity contribution in [1.29, 1.82) is 0 Å². The van der Waals surface area contributed by atoms with Crippen LogP contribution in [0.5, 0.6) is 5.75 Å². The Bertz CT molecular complexity index is 276. The number of ether oxygens (including phenoxy) is 2. The first-order valence-electron chi connectivity index (χ1n) is 4.75. The minimum Gasteiger partial charge on any atom is -0.467 e. The molecular formula is C11H17NO2. The molecule has 0 aliphatic heterocycles. The van der Waals surface area contributed by atoms with E-state index in [1.165, 1.54) is 0 Å². The summed E-state index contributed by atoms with van der Waals surface area (Å²) in [6.45, 7) is 2.31. The van der Waals surface area contributed by atoms with Crippen LogP contribution in [0.15, 0.2) is 24.3 Å². The van der Waals surface area contributed by atoms with E-state index >= 15 is 0 Å². The Morgan fingerprint density at radius 2 is 2.07 bits per heavy atom. The average Bonchev–Trinajstić information content (AvgIpc) is 2.25. The van der Waals surface area contributed by atoms with Gasteiger partial charge in [-0.1, -0.05) is 25.1 Å². The Hall–Kier alpha value is -1.06. The predicted octanol–water partition coefficient (Wildman–Crippen LogP) is 2.08. The predicted molar refractivity (Wildman–Crippen MR) is 56.2 cm³/mol. The van der Waals surface area contributed by atoms with Gasteiger partial charge in [0.1, 0.15) is 5.75 Å². The first-order chi connectivity index (χ1) is 6.79. The summed E-state index contributed by atoms with van der Waals surface area (Å²) in [6.07, 6.45) is 0.896. The highest BCUT2D eigenvalue weighted by molar-refractivity contribution is 5.35. The van der Waals surface area contributed by atoms with Crippen LogP contribution in [0.1, 0.15) is 24.9 Å².